The number of anilines is 1. The summed E-state index contributed by atoms with van der Waals surface area (Å²) in [5, 5.41) is 12.9. The molecule has 0 bridgehead atoms. The van der Waals surface area contributed by atoms with Crippen molar-refractivity contribution in [2.45, 2.75) is 37.8 Å². The minimum atomic E-state index is -0.559. The van der Waals surface area contributed by atoms with Gasteiger partial charge in [-0.3, -0.25) is 4.90 Å². The number of nitrogens with zero attached hydrogens (tertiary/aromatic N) is 2. The van der Waals surface area contributed by atoms with Crippen molar-refractivity contribution in [3.05, 3.63) is 29.6 Å². The lowest BCUT2D eigenvalue weighted by Crippen LogP contribution is -2.46. The first-order valence-corrected chi connectivity index (χ1v) is 6.84. The van der Waals surface area contributed by atoms with E-state index in [1.165, 1.54) is 12.1 Å². The van der Waals surface area contributed by atoms with Crippen molar-refractivity contribution in [3.8, 4) is 6.07 Å². The zero-order valence-electron chi connectivity index (χ0n) is 11.1. The van der Waals surface area contributed by atoms with Gasteiger partial charge in [0.05, 0.1) is 6.07 Å². The van der Waals surface area contributed by atoms with Gasteiger partial charge in [-0.2, -0.15) is 5.26 Å². The Labute approximate surface area is 113 Å². The number of halogens is 1. The number of nitriles is 1. The van der Waals surface area contributed by atoms with Gasteiger partial charge in [0.15, 0.2) is 0 Å². The monoisotopic (exact) mass is 259 g/mol. The van der Waals surface area contributed by atoms with Crippen molar-refractivity contribution in [1.82, 2.24) is 4.90 Å². The van der Waals surface area contributed by atoms with Crippen molar-refractivity contribution in [1.29, 1.82) is 5.26 Å². The van der Waals surface area contributed by atoms with Crippen LogP contribution in [-0.2, 0) is 0 Å². The summed E-state index contributed by atoms with van der Waals surface area (Å²) in [5.74, 6) is -0.253. The molecule has 2 fully saturated rings. The van der Waals surface area contributed by atoms with Gasteiger partial charge < -0.3 is 5.32 Å². The van der Waals surface area contributed by atoms with E-state index in [1.807, 2.05) is 13.0 Å². The summed E-state index contributed by atoms with van der Waals surface area (Å²) < 4.78 is 13.5. The molecule has 19 heavy (non-hydrogen) atoms. The summed E-state index contributed by atoms with van der Waals surface area (Å²) in [6.45, 7) is 3.90. The number of rotatable bonds is 2. The van der Waals surface area contributed by atoms with Crippen molar-refractivity contribution < 1.29 is 4.39 Å². The SMILES string of the molecule is Cc1cc(F)cc(NC2(C#N)CCN3CCCC32)c1. The van der Waals surface area contributed by atoms with E-state index in [0.29, 0.717) is 5.69 Å². The van der Waals surface area contributed by atoms with E-state index in [4.69, 9.17) is 0 Å². The molecule has 2 unspecified atom stereocenters. The molecule has 100 valence electrons. The molecular weight excluding hydrogens is 241 g/mol. The molecule has 0 aromatic heterocycles. The number of fused-ring (bicyclic) bond motifs is 1. The Morgan fingerprint density at radius 2 is 2.26 bits per heavy atom. The van der Waals surface area contributed by atoms with Crippen molar-refractivity contribution in [3.63, 3.8) is 0 Å². The lowest BCUT2D eigenvalue weighted by Gasteiger charge is -2.30. The molecule has 0 amide bonds. The van der Waals surface area contributed by atoms with Gasteiger partial charge in [-0.1, -0.05) is 0 Å². The third kappa shape index (κ3) is 2.08. The van der Waals surface area contributed by atoms with Gasteiger partial charge >= 0.3 is 0 Å². The Kier molecular flexibility index (Phi) is 2.94. The van der Waals surface area contributed by atoms with Gasteiger partial charge in [0.1, 0.15) is 11.4 Å². The van der Waals surface area contributed by atoms with Crippen LogP contribution in [0.25, 0.3) is 0 Å². The van der Waals surface area contributed by atoms with Crippen molar-refractivity contribution in [2.75, 3.05) is 18.4 Å². The number of hydrogen-bond donors (Lipinski definition) is 1. The van der Waals surface area contributed by atoms with Gasteiger partial charge in [-0.25, -0.2) is 4.39 Å². The van der Waals surface area contributed by atoms with Crippen LogP contribution in [0.3, 0.4) is 0 Å². The molecule has 2 aliphatic heterocycles. The first kappa shape index (κ1) is 12.4. The van der Waals surface area contributed by atoms with Crippen LogP contribution in [0.1, 0.15) is 24.8 Å². The number of aryl methyl sites for hydroxylation is 1. The van der Waals surface area contributed by atoms with Gasteiger partial charge in [-0.05, 0) is 56.5 Å². The Balaban J connectivity index is 1.89. The van der Waals surface area contributed by atoms with Gasteiger partial charge in [0.25, 0.3) is 0 Å². The van der Waals surface area contributed by atoms with Crippen LogP contribution in [0.15, 0.2) is 18.2 Å². The van der Waals surface area contributed by atoms with E-state index in [2.05, 4.69) is 16.3 Å². The number of nitrogens with one attached hydrogen (secondary N) is 1. The summed E-state index contributed by atoms with van der Waals surface area (Å²) in [5.41, 5.74) is 1.03. The second-order valence-electron chi connectivity index (χ2n) is 5.67. The molecule has 1 aromatic rings. The molecule has 2 aliphatic rings. The average Bonchev–Trinajstić information content (AvgIpc) is 2.92. The smallest absolute Gasteiger partial charge is 0.142 e. The maximum atomic E-state index is 13.5. The zero-order chi connectivity index (χ0) is 13.5. The molecule has 3 rings (SSSR count). The predicted octanol–water partition coefficient (Wildman–Crippen LogP) is 2.68. The highest BCUT2D eigenvalue weighted by Crippen LogP contribution is 2.38. The topological polar surface area (TPSA) is 39.1 Å². The molecule has 2 atom stereocenters. The van der Waals surface area contributed by atoms with Crippen LogP contribution in [0, 0.1) is 24.1 Å². The normalized spacial score (nSPS) is 30.1. The Morgan fingerprint density at radius 3 is 3.00 bits per heavy atom. The first-order valence-electron chi connectivity index (χ1n) is 6.84. The second kappa shape index (κ2) is 4.50. The first-order chi connectivity index (χ1) is 9.13. The summed E-state index contributed by atoms with van der Waals surface area (Å²) in [4.78, 5) is 2.38. The Bertz CT molecular complexity index is 516. The standard InChI is InChI=1S/C15H18FN3/c1-11-7-12(16)9-13(8-11)18-15(10-17)4-6-19-5-2-3-14(15)19/h7-9,14,18H,2-6H2,1H3. The summed E-state index contributed by atoms with van der Waals surface area (Å²) in [6.07, 6.45) is 3.01. The molecule has 2 saturated heterocycles. The van der Waals surface area contributed by atoms with Crippen LogP contribution in [-0.4, -0.2) is 29.6 Å². The fraction of sp³-hybridized carbons (Fsp3) is 0.533. The van der Waals surface area contributed by atoms with Crippen LogP contribution in [0.4, 0.5) is 10.1 Å². The molecule has 1 aromatic carbocycles. The molecule has 3 nitrogen and oxygen atoms in total. The molecule has 0 radical (unpaired) electrons. The predicted molar refractivity (Wildman–Crippen MR) is 72.3 cm³/mol. The quantitative estimate of drug-likeness (QED) is 0.887. The van der Waals surface area contributed by atoms with Crippen LogP contribution in [0.5, 0.6) is 0 Å². The van der Waals surface area contributed by atoms with E-state index >= 15 is 0 Å². The molecule has 1 N–H and O–H groups in total. The van der Waals surface area contributed by atoms with E-state index in [0.717, 1.165) is 37.9 Å². The largest absolute Gasteiger partial charge is 0.366 e. The van der Waals surface area contributed by atoms with E-state index in [1.54, 1.807) is 0 Å². The minimum absolute atomic E-state index is 0.253. The second-order valence-corrected chi connectivity index (χ2v) is 5.67. The molecule has 4 heteroatoms. The highest BCUT2D eigenvalue weighted by Gasteiger charge is 2.49. The molecule has 0 aliphatic carbocycles. The fourth-order valence-corrected chi connectivity index (χ4v) is 3.51. The molecule has 2 heterocycles. The third-order valence-electron chi connectivity index (χ3n) is 4.33. The summed E-state index contributed by atoms with van der Waals surface area (Å²) in [7, 11) is 0. The minimum Gasteiger partial charge on any atom is -0.366 e. The molecular formula is C15H18FN3. The van der Waals surface area contributed by atoms with Crippen LogP contribution < -0.4 is 5.32 Å². The van der Waals surface area contributed by atoms with Crippen molar-refractivity contribution >= 4 is 5.69 Å². The van der Waals surface area contributed by atoms with Crippen molar-refractivity contribution in [2.24, 2.45) is 0 Å². The average molecular weight is 259 g/mol. The number of benzene rings is 1. The van der Waals surface area contributed by atoms with Crippen LogP contribution >= 0.6 is 0 Å². The maximum absolute atomic E-state index is 13.5. The third-order valence-corrected chi connectivity index (χ3v) is 4.33. The van der Waals surface area contributed by atoms with Gasteiger partial charge in [-0.15, -0.1) is 0 Å². The summed E-state index contributed by atoms with van der Waals surface area (Å²) in [6, 6.07) is 7.61. The summed E-state index contributed by atoms with van der Waals surface area (Å²) >= 11 is 0. The molecule has 0 saturated carbocycles. The number of hydrogen-bond acceptors (Lipinski definition) is 3. The van der Waals surface area contributed by atoms with Crippen LogP contribution in [0.2, 0.25) is 0 Å². The Morgan fingerprint density at radius 1 is 1.42 bits per heavy atom. The van der Waals surface area contributed by atoms with E-state index < -0.39 is 5.54 Å². The van der Waals surface area contributed by atoms with E-state index in [-0.39, 0.29) is 11.9 Å². The Hall–Kier alpha value is -1.60. The van der Waals surface area contributed by atoms with E-state index in [9.17, 15) is 9.65 Å². The fourth-order valence-electron chi connectivity index (χ4n) is 3.51. The highest BCUT2D eigenvalue weighted by molar-refractivity contribution is 5.51. The maximum Gasteiger partial charge on any atom is 0.142 e. The highest BCUT2D eigenvalue weighted by atomic mass is 19.1. The van der Waals surface area contributed by atoms with Gasteiger partial charge in [0, 0.05) is 18.3 Å². The lowest BCUT2D eigenvalue weighted by atomic mass is 9.89. The lowest BCUT2D eigenvalue weighted by molar-refractivity contribution is 0.301. The molecule has 0 spiro atoms. The van der Waals surface area contributed by atoms with Gasteiger partial charge in [0.2, 0.25) is 0 Å². The zero-order valence-corrected chi connectivity index (χ0v) is 11.1.